The number of aliphatic imine (C=N–C) groups is 1. The van der Waals surface area contributed by atoms with E-state index in [1.54, 1.807) is 14.2 Å². The average molecular weight is 363 g/mol. The summed E-state index contributed by atoms with van der Waals surface area (Å²) in [7, 11) is 3.52. The van der Waals surface area contributed by atoms with Gasteiger partial charge in [0.1, 0.15) is 0 Å². The van der Waals surface area contributed by atoms with Gasteiger partial charge in [-0.25, -0.2) is 0 Å². The topological polar surface area (TPSA) is 58.1 Å². The molecule has 26 heavy (non-hydrogen) atoms. The highest BCUT2D eigenvalue weighted by atomic mass is 16.5. The lowest BCUT2D eigenvalue weighted by atomic mass is 10.1. The molecule has 0 spiro atoms. The first kappa shape index (κ1) is 20.7. The van der Waals surface area contributed by atoms with Crippen molar-refractivity contribution in [1.29, 1.82) is 0 Å². The summed E-state index contributed by atoms with van der Waals surface area (Å²) in [6, 6.07) is 8.62. The molecule has 2 rings (SSSR count). The van der Waals surface area contributed by atoms with Crippen LogP contribution in [0.5, 0.6) is 0 Å². The third kappa shape index (κ3) is 6.94. The second-order valence-corrected chi connectivity index (χ2v) is 6.92. The second-order valence-electron chi connectivity index (χ2n) is 6.92. The largest absolute Gasteiger partial charge is 0.385 e. The Kier molecular flexibility index (Phi) is 8.88. The van der Waals surface area contributed by atoms with Crippen molar-refractivity contribution >= 4 is 5.96 Å². The molecule has 1 aromatic carbocycles. The molecule has 146 valence electrons. The van der Waals surface area contributed by atoms with Crippen LogP contribution in [-0.2, 0) is 22.6 Å². The van der Waals surface area contributed by atoms with Crippen LogP contribution >= 0.6 is 0 Å². The predicted molar refractivity (Wildman–Crippen MR) is 106 cm³/mol. The summed E-state index contributed by atoms with van der Waals surface area (Å²) in [6.45, 7) is 9.57. The number of nitrogens with one attached hydrogen (secondary N) is 2. The summed E-state index contributed by atoms with van der Waals surface area (Å²) in [6.07, 6.45) is 1.54. The molecule has 1 saturated heterocycles. The molecule has 0 aliphatic carbocycles. The molecule has 1 fully saturated rings. The highest BCUT2D eigenvalue weighted by Gasteiger charge is 2.22. The van der Waals surface area contributed by atoms with Crippen LogP contribution < -0.4 is 10.6 Å². The van der Waals surface area contributed by atoms with Crippen molar-refractivity contribution in [3.8, 4) is 0 Å². The standard InChI is InChI=1S/C20H34N4O2/c1-16-13-24(14-17(2)26-16)15-19-9-6-5-8-18(19)12-23-20(21-3)22-10-7-11-25-4/h5-6,8-9,16-17H,7,10-15H2,1-4H3,(H2,21,22,23). The van der Waals surface area contributed by atoms with E-state index in [4.69, 9.17) is 9.47 Å². The molecule has 0 saturated carbocycles. The van der Waals surface area contributed by atoms with E-state index < -0.39 is 0 Å². The number of nitrogens with zero attached hydrogens (tertiary/aromatic N) is 2. The number of hydrogen-bond acceptors (Lipinski definition) is 4. The van der Waals surface area contributed by atoms with Gasteiger partial charge in [-0.1, -0.05) is 24.3 Å². The molecule has 0 radical (unpaired) electrons. The SMILES string of the molecule is CN=C(NCCCOC)NCc1ccccc1CN1CC(C)OC(C)C1. The van der Waals surface area contributed by atoms with Gasteiger partial charge in [0, 0.05) is 53.5 Å². The highest BCUT2D eigenvalue weighted by molar-refractivity contribution is 5.79. The molecular formula is C20H34N4O2. The van der Waals surface area contributed by atoms with Crippen molar-refractivity contribution in [2.75, 3.05) is 40.4 Å². The Morgan fingerprint density at radius 2 is 1.88 bits per heavy atom. The molecular weight excluding hydrogens is 328 g/mol. The maximum Gasteiger partial charge on any atom is 0.191 e. The van der Waals surface area contributed by atoms with Crippen LogP contribution in [0.4, 0.5) is 0 Å². The fourth-order valence-corrected chi connectivity index (χ4v) is 3.36. The molecule has 0 bridgehead atoms. The van der Waals surface area contributed by atoms with Gasteiger partial charge in [0.25, 0.3) is 0 Å². The smallest absolute Gasteiger partial charge is 0.191 e. The van der Waals surface area contributed by atoms with Crippen LogP contribution in [0.3, 0.4) is 0 Å². The lowest BCUT2D eigenvalue weighted by molar-refractivity contribution is -0.0705. The Morgan fingerprint density at radius 3 is 2.54 bits per heavy atom. The van der Waals surface area contributed by atoms with Crippen molar-refractivity contribution in [3.63, 3.8) is 0 Å². The molecule has 1 aliphatic rings. The van der Waals surface area contributed by atoms with Crippen molar-refractivity contribution < 1.29 is 9.47 Å². The van der Waals surface area contributed by atoms with E-state index in [2.05, 4.69) is 58.6 Å². The first-order valence-electron chi connectivity index (χ1n) is 9.50. The van der Waals surface area contributed by atoms with E-state index in [0.29, 0.717) is 12.2 Å². The molecule has 6 nitrogen and oxygen atoms in total. The predicted octanol–water partition coefficient (Wildman–Crippen LogP) is 2.00. The third-order valence-corrected chi connectivity index (χ3v) is 4.50. The fraction of sp³-hybridized carbons (Fsp3) is 0.650. The van der Waals surface area contributed by atoms with E-state index in [1.165, 1.54) is 11.1 Å². The number of guanidine groups is 1. The Morgan fingerprint density at radius 1 is 1.19 bits per heavy atom. The molecule has 1 aromatic rings. The number of hydrogen-bond donors (Lipinski definition) is 2. The summed E-state index contributed by atoms with van der Waals surface area (Å²) in [4.78, 5) is 6.77. The number of benzene rings is 1. The monoisotopic (exact) mass is 362 g/mol. The maximum atomic E-state index is 5.85. The zero-order chi connectivity index (χ0) is 18.8. The zero-order valence-electron chi connectivity index (χ0n) is 16.6. The van der Waals surface area contributed by atoms with Gasteiger partial charge in [0.2, 0.25) is 0 Å². The summed E-state index contributed by atoms with van der Waals surface area (Å²) in [5.74, 6) is 0.824. The molecule has 0 aromatic heterocycles. The van der Waals surface area contributed by atoms with Crippen LogP contribution in [0.15, 0.2) is 29.3 Å². The summed E-state index contributed by atoms with van der Waals surface area (Å²) in [5.41, 5.74) is 2.66. The lowest BCUT2D eigenvalue weighted by Crippen LogP contribution is -2.45. The van der Waals surface area contributed by atoms with Crippen molar-refractivity contribution in [3.05, 3.63) is 35.4 Å². The second kappa shape index (κ2) is 11.2. The first-order valence-corrected chi connectivity index (χ1v) is 9.50. The molecule has 2 unspecified atom stereocenters. The zero-order valence-corrected chi connectivity index (χ0v) is 16.6. The van der Waals surface area contributed by atoms with E-state index in [-0.39, 0.29) is 0 Å². The molecule has 1 aliphatic heterocycles. The van der Waals surface area contributed by atoms with Gasteiger partial charge in [-0.05, 0) is 31.4 Å². The minimum Gasteiger partial charge on any atom is -0.385 e. The number of ether oxygens (including phenoxy) is 2. The molecule has 1 heterocycles. The van der Waals surface area contributed by atoms with Gasteiger partial charge in [0.05, 0.1) is 12.2 Å². The summed E-state index contributed by atoms with van der Waals surface area (Å²) < 4.78 is 10.9. The van der Waals surface area contributed by atoms with Gasteiger partial charge in [-0.15, -0.1) is 0 Å². The Hall–Kier alpha value is -1.63. The third-order valence-electron chi connectivity index (χ3n) is 4.50. The summed E-state index contributed by atoms with van der Waals surface area (Å²) in [5, 5.41) is 6.73. The Labute approximate surface area is 158 Å². The van der Waals surface area contributed by atoms with Crippen LogP contribution in [-0.4, -0.2) is 63.5 Å². The molecule has 0 amide bonds. The Bertz CT molecular complexity index is 554. The van der Waals surface area contributed by atoms with Crippen LogP contribution in [0, 0.1) is 0 Å². The number of methoxy groups -OCH3 is 1. The average Bonchev–Trinajstić information content (AvgIpc) is 2.61. The molecule has 6 heteroatoms. The molecule has 2 atom stereocenters. The van der Waals surface area contributed by atoms with Gasteiger partial charge in [0.15, 0.2) is 5.96 Å². The quantitative estimate of drug-likeness (QED) is 0.421. The van der Waals surface area contributed by atoms with Crippen molar-refractivity contribution in [1.82, 2.24) is 15.5 Å². The number of morpholine rings is 1. The van der Waals surface area contributed by atoms with E-state index in [0.717, 1.165) is 51.7 Å². The van der Waals surface area contributed by atoms with Crippen LogP contribution in [0.2, 0.25) is 0 Å². The van der Waals surface area contributed by atoms with Crippen molar-refractivity contribution in [2.45, 2.75) is 45.6 Å². The summed E-state index contributed by atoms with van der Waals surface area (Å²) >= 11 is 0. The minimum atomic E-state index is 0.291. The van der Waals surface area contributed by atoms with E-state index >= 15 is 0 Å². The van der Waals surface area contributed by atoms with Crippen LogP contribution in [0.1, 0.15) is 31.4 Å². The molecule has 2 N–H and O–H groups in total. The van der Waals surface area contributed by atoms with Gasteiger partial charge in [-0.3, -0.25) is 9.89 Å². The van der Waals surface area contributed by atoms with Crippen molar-refractivity contribution in [2.24, 2.45) is 4.99 Å². The Balaban J connectivity index is 1.89. The van der Waals surface area contributed by atoms with Gasteiger partial charge >= 0.3 is 0 Å². The van der Waals surface area contributed by atoms with E-state index in [1.807, 2.05) is 0 Å². The van der Waals surface area contributed by atoms with Crippen LogP contribution in [0.25, 0.3) is 0 Å². The maximum absolute atomic E-state index is 5.85. The van der Waals surface area contributed by atoms with Gasteiger partial charge in [-0.2, -0.15) is 0 Å². The normalized spacial score (nSPS) is 21.6. The lowest BCUT2D eigenvalue weighted by Gasteiger charge is -2.35. The minimum absolute atomic E-state index is 0.291. The fourth-order valence-electron chi connectivity index (χ4n) is 3.36. The number of rotatable bonds is 8. The first-order chi connectivity index (χ1) is 12.6. The van der Waals surface area contributed by atoms with Gasteiger partial charge < -0.3 is 20.1 Å². The van der Waals surface area contributed by atoms with E-state index in [9.17, 15) is 0 Å². The highest BCUT2D eigenvalue weighted by Crippen LogP contribution is 2.17.